The fraction of sp³-hybridized carbons (Fsp3) is 0.421. The number of amides is 2. The van der Waals surface area contributed by atoms with Crippen LogP contribution in [0.25, 0.3) is 0 Å². The fourth-order valence-electron chi connectivity index (χ4n) is 7.54. The summed E-state index contributed by atoms with van der Waals surface area (Å²) < 4.78 is 69.7. The van der Waals surface area contributed by atoms with Gasteiger partial charge < -0.3 is 9.74 Å². The Hall–Kier alpha value is -4.44. The van der Waals surface area contributed by atoms with Crippen LogP contribution in [-0.4, -0.2) is 72.2 Å². The van der Waals surface area contributed by atoms with Gasteiger partial charge in [0.15, 0.2) is 5.71 Å². The predicted octanol–water partition coefficient (Wildman–Crippen LogP) is 5.93. The second-order valence-electron chi connectivity index (χ2n) is 14.0. The molecule has 0 aromatic heterocycles. The van der Waals surface area contributed by atoms with Crippen LogP contribution in [0.1, 0.15) is 90.7 Å². The maximum atomic E-state index is 12.3. The van der Waals surface area contributed by atoms with E-state index in [0.717, 1.165) is 33.9 Å². The second-order valence-corrected chi connectivity index (χ2v) is 16.9. The molecule has 0 aliphatic carbocycles. The van der Waals surface area contributed by atoms with Gasteiger partial charge in [-0.05, 0) is 89.4 Å². The molecular weight excluding hydrogens is 723 g/mol. The number of hydrogen-bond donors (Lipinski definition) is 2. The van der Waals surface area contributed by atoms with Crippen molar-refractivity contribution in [2.75, 3.05) is 18.0 Å². The number of hydrogen-bond acceptors (Lipinski definition) is 9. The minimum Gasteiger partial charge on any atom is -0.344 e. The van der Waals surface area contributed by atoms with Gasteiger partial charge in [0, 0.05) is 60.3 Å². The molecule has 0 radical (unpaired) electrons. The van der Waals surface area contributed by atoms with Gasteiger partial charge >= 0.3 is 5.97 Å². The van der Waals surface area contributed by atoms with E-state index in [4.69, 9.17) is 4.84 Å². The van der Waals surface area contributed by atoms with Gasteiger partial charge in [-0.1, -0.05) is 31.1 Å². The molecule has 13 nitrogen and oxygen atoms in total. The molecule has 1 saturated heterocycles. The first-order chi connectivity index (χ1) is 24.8. The summed E-state index contributed by atoms with van der Waals surface area (Å²) in [4.78, 5) is 42.6. The minimum atomic E-state index is -4.46. The lowest BCUT2D eigenvalue weighted by molar-refractivity contribution is -0.433. The molecule has 3 aliphatic rings. The van der Waals surface area contributed by atoms with Crippen LogP contribution in [0.5, 0.6) is 0 Å². The molecule has 15 heteroatoms. The van der Waals surface area contributed by atoms with Crippen molar-refractivity contribution in [3.63, 3.8) is 0 Å². The maximum Gasteiger partial charge on any atom is 0.333 e. The lowest BCUT2D eigenvalue weighted by Crippen LogP contribution is -2.32. The number of unbranched alkanes of at least 4 members (excludes halogenated alkanes) is 2. The molecule has 1 fully saturated rings. The third-order valence-corrected chi connectivity index (χ3v) is 12.0. The van der Waals surface area contributed by atoms with Crippen LogP contribution in [0.2, 0.25) is 0 Å². The third kappa shape index (κ3) is 7.93. The van der Waals surface area contributed by atoms with Gasteiger partial charge in [0.2, 0.25) is 5.69 Å². The van der Waals surface area contributed by atoms with E-state index < -0.39 is 48.8 Å². The zero-order valence-electron chi connectivity index (χ0n) is 30.5. The summed E-state index contributed by atoms with van der Waals surface area (Å²) >= 11 is 0. The van der Waals surface area contributed by atoms with E-state index in [0.29, 0.717) is 43.8 Å². The summed E-state index contributed by atoms with van der Waals surface area (Å²) in [6.45, 7) is 11.3. The van der Waals surface area contributed by atoms with Crippen molar-refractivity contribution in [2.24, 2.45) is 0 Å². The Morgan fingerprint density at radius 3 is 2.09 bits per heavy atom. The summed E-state index contributed by atoms with van der Waals surface area (Å²) in [5.74, 6) is -1.72. The van der Waals surface area contributed by atoms with Gasteiger partial charge in [0.25, 0.3) is 32.1 Å². The van der Waals surface area contributed by atoms with Crippen molar-refractivity contribution < 1.29 is 49.7 Å². The van der Waals surface area contributed by atoms with Gasteiger partial charge in [-0.2, -0.15) is 21.4 Å². The van der Waals surface area contributed by atoms with Gasteiger partial charge in [-0.15, -0.1) is 5.06 Å². The zero-order valence-corrected chi connectivity index (χ0v) is 32.2. The Morgan fingerprint density at radius 1 is 0.868 bits per heavy atom. The Kier molecular flexibility index (Phi) is 11.3. The Balaban J connectivity index is 1.37. The van der Waals surface area contributed by atoms with E-state index in [1.807, 2.05) is 65.0 Å². The Labute approximate surface area is 310 Å². The van der Waals surface area contributed by atoms with Crippen LogP contribution in [-0.2, 0) is 50.3 Å². The normalized spacial score (nSPS) is 20.8. The van der Waals surface area contributed by atoms with E-state index in [1.54, 1.807) is 12.1 Å². The number of rotatable bonds is 14. The van der Waals surface area contributed by atoms with Crippen LogP contribution >= 0.6 is 0 Å². The molecule has 1 atom stereocenters. The molecule has 2 aromatic rings. The van der Waals surface area contributed by atoms with Crippen molar-refractivity contribution in [2.45, 2.75) is 100 Å². The average Bonchev–Trinajstić information content (AvgIpc) is 3.62. The fourth-order valence-corrected chi connectivity index (χ4v) is 8.55. The molecule has 0 spiro atoms. The minimum absolute atomic E-state index is 0.0220. The first kappa shape index (κ1) is 39.8. The number of benzene rings is 2. The molecule has 53 heavy (non-hydrogen) atoms. The highest BCUT2D eigenvalue weighted by atomic mass is 32.2. The Morgan fingerprint density at radius 2 is 1.49 bits per heavy atom. The number of likely N-dealkylation sites (N-methyl/N-ethyl adjacent to an activating group) is 1. The lowest BCUT2D eigenvalue weighted by Gasteiger charge is -2.30. The zero-order chi connectivity index (χ0) is 38.9. The Bertz CT molecular complexity index is 2170. The molecule has 5 rings (SSSR count). The average molecular weight is 769 g/mol. The quantitative estimate of drug-likeness (QED) is 0.0766. The van der Waals surface area contributed by atoms with Crippen molar-refractivity contribution in [3.05, 3.63) is 83.6 Å². The number of carbonyl (C=O) groups excluding carboxylic acids is 3. The molecule has 0 bridgehead atoms. The second kappa shape index (κ2) is 15.1. The molecule has 1 unspecified atom stereocenters. The number of fused-ring (bicyclic) bond motifs is 2. The molecule has 284 valence electrons. The van der Waals surface area contributed by atoms with Gasteiger partial charge in [-0.25, -0.2) is 4.79 Å². The first-order valence-electron chi connectivity index (χ1n) is 17.6. The van der Waals surface area contributed by atoms with Crippen molar-refractivity contribution in [3.8, 4) is 0 Å². The van der Waals surface area contributed by atoms with E-state index in [2.05, 4.69) is 9.48 Å². The van der Waals surface area contributed by atoms with Crippen molar-refractivity contribution in [1.82, 2.24) is 5.06 Å². The van der Waals surface area contributed by atoms with Crippen molar-refractivity contribution in [1.29, 1.82) is 0 Å². The molecular formula is C38H46N3O10S2+. The van der Waals surface area contributed by atoms with Crippen LogP contribution in [0.15, 0.2) is 82.3 Å². The lowest BCUT2D eigenvalue weighted by atomic mass is 9.77. The molecule has 3 aliphatic heterocycles. The first-order valence-corrected chi connectivity index (χ1v) is 20.5. The summed E-state index contributed by atoms with van der Waals surface area (Å²) in [6, 6.07) is 9.23. The summed E-state index contributed by atoms with van der Waals surface area (Å²) in [5, 5.41) is 0.541. The van der Waals surface area contributed by atoms with Crippen molar-refractivity contribution >= 4 is 55.1 Å². The van der Waals surface area contributed by atoms with Crippen LogP contribution in [0, 0.1) is 0 Å². The third-order valence-electron chi connectivity index (χ3n) is 10.3. The SMILES string of the molecule is CCN1/C(=C/C=C/C=C/C2=[N+](CC)c3ccc(S(=O)(=O)O)cc3C2(C)C)C(C)(CCCCCC(=O)ON2C(=O)CCC2=O)c2cc(S(=O)(=O)O)ccc21. The number of imide groups is 1. The number of carbonyl (C=O) groups is 3. The largest absolute Gasteiger partial charge is 0.344 e. The molecule has 0 saturated carbocycles. The maximum absolute atomic E-state index is 12.3. The monoisotopic (exact) mass is 768 g/mol. The summed E-state index contributed by atoms with van der Waals surface area (Å²) in [6.07, 6.45) is 12.0. The van der Waals surface area contributed by atoms with Crippen LogP contribution < -0.4 is 4.90 Å². The van der Waals surface area contributed by atoms with E-state index >= 15 is 0 Å². The topological polar surface area (TPSA) is 179 Å². The molecule has 3 heterocycles. The smallest absolute Gasteiger partial charge is 0.333 e. The standard InChI is InChI=1S/C38H45N3O10S2/c1-6-39-30-19-17-26(52(45,46)47)24-28(30)37(3,4)32(39)14-10-8-11-15-33-38(5,29-25-27(53(48,49)50)18-20-31(29)40(33)7-2)23-13-9-12-16-36(44)51-41-34(42)21-22-35(41)43/h8,10-11,14-15,17-20,24-25H,6-7,9,12-13,16,21-23H2,1-5H3,(H-,45,46,47,48,49,50)/p+1. The highest BCUT2D eigenvalue weighted by molar-refractivity contribution is 7.86. The molecule has 2 amide bonds. The van der Waals surface area contributed by atoms with Crippen LogP contribution in [0.3, 0.4) is 0 Å². The van der Waals surface area contributed by atoms with Gasteiger partial charge in [-0.3, -0.25) is 18.7 Å². The summed E-state index contributed by atoms with van der Waals surface area (Å²) in [7, 11) is -8.83. The van der Waals surface area contributed by atoms with E-state index in [9.17, 15) is 40.3 Å². The van der Waals surface area contributed by atoms with E-state index in [-0.39, 0.29) is 29.1 Å². The number of nitrogens with zero attached hydrogens (tertiary/aromatic N) is 3. The molecule has 2 aromatic carbocycles. The van der Waals surface area contributed by atoms with Gasteiger partial charge in [0.1, 0.15) is 6.54 Å². The number of allylic oxidation sites excluding steroid dienone is 6. The van der Waals surface area contributed by atoms with Gasteiger partial charge in [0.05, 0.1) is 15.2 Å². The van der Waals surface area contributed by atoms with E-state index in [1.165, 1.54) is 24.3 Å². The highest BCUT2D eigenvalue weighted by Gasteiger charge is 2.45. The number of hydroxylamine groups is 2. The summed E-state index contributed by atoms with van der Waals surface area (Å²) in [5.41, 5.74) is 3.89. The van der Waals surface area contributed by atoms with Crippen LogP contribution in [0.4, 0.5) is 11.4 Å². The highest BCUT2D eigenvalue weighted by Crippen LogP contribution is 2.51. The predicted molar refractivity (Wildman–Crippen MR) is 198 cm³/mol. The molecule has 2 N–H and O–H groups in total. The number of anilines is 1.